The number of hydrogen-bond donors (Lipinski definition) is 1. The Morgan fingerprint density at radius 1 is 1.25 bits per heavy atom. The van der Waals surface area contributed by atoms with Gasteiger partial charge in [-0.05, 0) is 23.4 Å². The summed E-state index contributed by atoms with van der Waals surface area (Å²) >= 11 is 11.9. The molecule has 3 nitrogen and oxygen atoms in total. The zero-order valence-corrected chi connectivity index (χ0v) is 10.3. The third-order valence-corrected chi connectivity index (χ3v) is 3.07. The van der Waals surface area contributed by atoms with E-state index in [2.05, 4.69) is 9.97 Å². The van der Waals surface area contributed by atoms with Gasteiger partial charge in [-0.25, -0.2) is 9.97 Å². The molecule has 0 spiro atoms. The molecule has 0 aromatic carbocycles. The zero-order chi connectivity index (χ0) is 11.7. The second-order valence-electron chi connectivity index (χ2n) is 3.57. The topological polar surface area (TPSA) is 51.8 Å². The monoisotopic (exact) mass is 255 g/mol. The summed E-state index contributed by atoms with van der Waals surface area (Å²) in [7, 11) is 0. The molecular weight excluding hydrogens is 245 g/mol. The van der Waals surface area contributed by atoms with Gasteiger partial charge in [-0.15, -0.1) is 0 Å². The number of halogens is 2. The molecule has 2 rings (SSSR count). The zero-order valence-electron chi connectivity index (χ0n) is 8.74. The van der Waals surface area contributed by atoms with Gasteiger partial charge in [-0.1, -0.05) is 30.1 Å². The predicted molar refractivity (Wildman–Crippen MR) is 66.8 cm³/mol. The largest absolute Gasteiger partial charge is 0.324 e. The first-order chi connectivity index (χ1) is 7.63. The number of hydrogen-bond acceptors (Lipinski definition) is 3. The van der Waals surface area contributed by atoms with E-state index in [1.54, 1.807) is 18.5 Å². The molecule has 0 aliphatic heterocycles. The van der Waals surface area contributed by atoms with E-state index in [4.69, 9.17) is 28.9 Å². The van der Waals surface area contributed by atoms with Crippen molar-refractivity contribution in [2.45, 2.75) is 19.4 Å². The maximum atomic E-state index is 6.01. The molecule has 5 heteroatoms. The Labute approximate surface area is 104 Å². The third kappa shape index (κ3) is 1.98. The molecule has 0 unspecified atom stereocenters. The predicted octanol–water partition coefficient (Wildman–Crippen LogP) is 3.35. The molecule has 1 atom stereocenters. The van der Waals surface area contributed by atoms with Gasteiger partial charge in [0.05, 0.1) is 0 Å². The fraction of sp³-hybridized carbons (Fsp3) is 0.273. The SMILES string of the molecule is CC[C@@H](N)c1cnc(Cl)c2cnc(Cl)cc12. The number of nitrogens with zero attached hydrogens (tertiary/aromatic N) is 2. The van der Waals surface area contributed by atoms with Crippen LogP contribution < -0.4 is 5.73 Å². The van der Waals surface area contributed by atoms with E-state index in [1.807, 2.05) is 6.92 Å². The Bertz CT molecular complexity index is 528. The molecule has 16 heavy (non-hydrogen) atoms. The summed E-state index contributed by atoms with van der Waals surface area (Å²) < 4.78 is 0. The highest BCUT2D eigenvalue weighted by molar-refractivity contribution is 6.35. The van der Waals surface area contributed by atoms with Crippen molar-refractivity contribution in [2.24, 2.45) is 5.73 Å². The maximum Gasteiger partial charge on any atom is 0.138 e. The van der Waals surface area contributed by atoms with Crippen LogP contribution in [0.2, 0.25) is 10.3 Å². The molecule has 0 saturated heterocycles. The first kappa shape index (κ1) is 11.6. The van der Waals surface area contributed by atoms with Gasteiger partial charge in [0.15, 0.2) is 0 Å². The second-order valence-corrected chi connectivity index (χ2v) is 4.32. The molecule has 0 bridgehead atoms. The Morgan fingerprint density at radius 3 is 2.69 bits per heavy atom. The minimum Gasteiger partial charge on any atom is -0.324 e. The van der Waals surface area contributed by atoms with Crippen molar-refractivity contribution in [3.63, 3.8) is 0 Å². The van der Waals surface area contributed by atoms with Crippen molar-refractivity contribution in [3.8, 4) is 0 Å². The van der Waals surface area contributed by atoms with Crippen LogP contribution in [0, 0.1) is 0 Å². The van der Waals surface area contributed by atoms with Crippen molar-refractivity contribution in [1.29, 1.82) is 0 Å². The molecule has 0 aliphatic rings. The first-order valence-corrected chi connectivity index (χ1v) is 5.74. The summed E-state index contributed by atoms with van der Waals surface area (Å²) in [4.78, 5) is 8.10. The van der Waals surface area contributed by atoms with Crippen molar-refractivity contribution in [3.05, 3.63) is 34.3 Å². The molecular formula is C11H11Cl2N3. The number of rotatable bonds is 2. The van der Waals surface area contributed by atoms with Crippen molar-refractivity contribution in [1.82, 2.24) is 9.97 Å². The quantitative estimate of drug-likeness (QED) is 0.838. The highest BCUT2D eigenvalue weighted by Gasteiger charge is 2.12. The molecule has 84 valence electrons. The normalized spacial score (nSPS) is 13.0. The molecule has 0 radical (unpaired) electrons. The highest BCUT2D eigenvalue weighted by Crippen LogP contribution is 2.29. The van der Waals surface area contributed by atoms with Crippen LogP contribution in [0.25, 0.3) is 10.8 Å². The van der Waals surface area contributed by atoms with Crippen LogP contribution in [-0.4, -0.2) is 9.97 Å². The van der Waals surface area contributed by atoms with E-state index < -0.39 is 0 Å². The Balaban J connectivity index is 2.75. The van der Waals surface area contributed by atoms with Crippen LogP contribution in [0.5, 0.6) is 0 Å². The smallest absolute Gasteiger partial charge is 0.138 e. The summed E-state index contributed by atoms with van der Waals surface area (Å²) in [6.07, 6.45) is 4.16. The number of fused-ring (bicyclic) bond motifs is 1. The minimum absolute atomic E-state index is 0.0641. The lowest BCUT2D eigenvalue weighted by molar-refractivity contribution is 0.701. The van der Waals surface area contributed by atoms with Crippen LogP contribution in [0.15, 0.2) is 18.5 Å². The highest BCUT2D eigenvalue weighted by atomic mass is 35.5. The van der Waals surface area contributed by atoms with Gasteiger partial charge >= 0.3 is 0 Å². The van der Waals surface area contributed by atoms with E-state index in [1.165, 1.54) is 0 Å². The number of aromatic nitrogens is 2. The van der Waals surface area contributed by atoms with Crippen LogP contribution in [0.4, 0.5) is 0 Å². The molecule has 2 aromatic rings. The summed E-state index contributed by atoms with van der Waals surface area (Å²) in [6.45, 7) is 2.02. The summed E-state index contributed by atoms with van der Waals surface area (Å²) in [6, 6.07) is 1.71. The lowest BCUT2D eigenvalue weighted by Crippen LogP contribution is -2.09. The molecule has 2 N–H and O–H groups in total. The molecule has 0 aliphatic carbocycles. The summed E-state index contributed by atoms with van der Waals surface area (Å²) in [5.74, 6) is 0. The second kappa shape index (κ2) is 4.53. The van der Waals surface area contributed by atoms with Gasteiger partial charge in [0, 0.05) is 23.8 Å². The van der Waals surface area contributed by atoms with Gasteiger partial charge in [0.2, 0.25) is 0 Å². The lowest BCUT2D eigenvalue weighted by atomic mass is 10.0. The van der Waals surface area contributed by atoms with Crippen molar-refractivity contribution >= 4 is 34.0 Å². The lowest BCUT2D eigenvalue weighted by Gasteiger charge is -2.12. The summed E-state index contributed by atoms with van der Waals surface area (Å²) in [5.41, 5.74) is 6.96. The Kier molecular flexibility index (Phi) is 3.28. The van der Waals surface area contributed by atoms with E-state index in [9.17, 15) is 0 Å². The van der Waals surface area contributed by atoms with Crippen LogP contribution in [0.1, 0.15) is 24.9 Å². The number of pyridine rings is 2. The fourth-order valence-corrected chi connectivity index (χ4v) is 1.97. The Hall–Kier alpha value is -0.900. The van der Waals surface area contributed by atoms with E-state index in [0.29, 0.717) is 10.3 Å². The molecule has 0 fully saturated rings. The standard InChI is InChI=1S/C11H11Cl2N3/c1-2-9(14)7-4-16-11(13)8-5-15-10(12)3-6(7)8/h3-5,9H,2,14H2,1H3/t9-/m1/s1. The van der Waals surface area contributed by atoms with Crippen LogP contribution in [-0.2, 0) is 0 Å². The van der Waals surface area contributed by atoms with Crippen molar-refractivity contribution < 1.29 is 0 Å². The van der Waals surface area contributed by atoms with Gasteiger partial charge in [-0.2, -0.15) is 0 Å². The maximum absolute atomic E-state index is 6.01. The van der Waals surface area contributed by atoms with Gasteiger partial charge in [0.25, 0.3) is 0 Å². The molecule has 0 saturated carbocycles. The average molecular weight is 256 g/mol. The van der Waals surface area contributed by atoms with E-state index >= 15 is 0 Å². The molecule has 2 heterocycles. The number of nitrogens with two attached hydrogens (primary N) is 1. The minimum atomic E-state index is -0.0641. The third-order valence-electron chi connectivity index (χ3n) is 2.56. The van der Waals surface area contributed by atoms with E-state index in [-0.39, 0.29) is 6.04 Å². The Morgan fingerprint density at radius 2 is 2.00 bits per heavy atom. The molecule has 0 amide bonds. The van der Waals surface area contributed by atoms with Gasteiger partial charge in [-0.3, -0.25) is 0 Å². The summed E-state index contributed by atoms with van der Waals surface area (Å²) in [5, 5.41) is 2.56. The first-order valence-electron chi connectivity index (χ1n) is 4.98. The van der Waals surface area contributed by atoms with Crippen molar-refractivity contribution in [2.75, 3.05) is 0 Å². The van der Waals surface area contributed by atoms with Gasteiger partial charge in [0.1, 0.15) is 10.3 Å². The fourth-order valence-electron chi connectivity index (χ4n) is 1.61. The average Bonchev–Trinajstić information content (AvgIpc) is 2.28. The van der Waals surface area contributed by atoms with Crippen LogP contribution >= 0.6 is 23.2 Å². The van der Waals surface area contributed by atoms with E-state index in [0.717, 1.165) is 22.8 Å². The van der Waals surface area contributed by atoms with Gasteiger partial charge < -0.3 is 5.73 Å². The van der Waals surface area contributed by atoms with Crippen LogP contribution in [0.3, 0.4) is 0 Å². The molecule has 2 aromatic heterocycles.